The average molecular weight is 439 g/mol. The molecule has 32 heavy (non-hydrogen) atoms. The van der Waals surface area contributed by atoms with Gasteiger partial charge in [0.25, 0.3) is 5.91 Å². The van der Waals surface area contributed by atoms with E-state index in [1.807, 2.05) is 23.1 Å². The molecule has 1 aromatic carbocycles. The first-order chi connectivity index (χ1) is 15.4. The standard InChI is InChI=1S/C24H27FN4O3/c1-28-15-18(14-21(28)30)24(32)29-11-8-16(9-12-29)22(20-7-2-3-10-26-20)27-23(31)17-5-4-6-19(25)13-17/h2-7,10,13,16,18,22H,8-9,11-12,14-15H2,1H3,(H,27,31)/t18-,22+/m0/s1. The number of carbonyl (C=O) groups excluding carboxylic acids is 3. The Kier molecular flexibility index (Phi) is 6.48. The molecule has 1 N–H and O–H groups in total. The van der Waals surface area contributed by atoms with Crippen molar-refractivity contribution in [2.45, 2.75) is 25.3 Å². The fourth-order valence-corrected chi connectivity index (χ4v) is 4.59. The van der Waals surface area contributed by atoms with Crippen LogP contribution in [0.4, 0.5) is 4.39 Å². The molecule has 1 aromatic heterocycles. The van der Waals surface area contributed by atoms with E-state index in [1.54, 1.807) is 24.2 Å². The maximum atomic E-state index is 13.6. The van der Waals surface area contributed by atoms with Gasteiger partial charge in [-0.2, -0.15) is 0 Å². The third-order valence-electron chi connectivity index (χ3n) is 6.39. The number of amides is 3. The van der Waals surface area contributed by atoms with Crippen molar-refractivity contribution in [2.24, 2.45) is 11.8 Å². The normalized spacial score (nSPS) is 20.3. The van der Waals surface area contributed by atoms with Crippen molar-refractivity contribution in [3.63, 3.8) is 0 Å². The maximum absolute atomic E-state index is 13.6. The van der Waals surface area contributed by atoms with E-state index in [4.69, 9.17) is 0 Å². The van der Waals surface area contributed by atoms with E-state index >= 15 is 0 Å². The molecule has 8 heteroatoms. The van der Waals surface area contributed by atoms with E-state index in [0.29, 0.717) is 32.5 Å². The lowest BCUT2D eigenvalue weighted by Crippen LogP contribution is -2.45. The lowest BCUT2D eigenvalue weighted by molar-refractivity contribution is -0.137. The smallest absolute Gasteiger partial charge is 0.251 e. The number of rotatable bonds is 5. The Morgan fingerprint density at radius 1 is 1.16 bits per heavy atom. The zero-order chi connectivity index (χ0) is 22.7. The van der Waals surface area contributed by atoms with Crippen molar-refractivity contribution in [1.82, 2.24) is 20.1 Å². The van der Waals surface area contributed by atoms with Gasteiger partial charge in [-0.3, -0.25) is 19.4 Å². The Labute approximate surface area is 186 Å². The van der Waals surface area contributed by atoms with Crippen LogP contribution < -0.4 is 5.32 Å². The molecule has 0 aliphatic carbocycles. The molecular weight excluding hydrogens is 411 g/mol. The molecule has 4 rings (SSSR count). The van der Waals surface area contributed by atoms with E-state index in [-0.39, 0.29) is 47.6 Å². The largest absolute Gasteiger partial charge is 0.345 e. The van der Waals surface area contributed by atoms with Gasteiger partial charge in [0.2, 0.25) is 11.8 Å². The minimum absolute atomic E-state index is 0.00788. The Hall–Kier alpha value is -3.29. The zero-order valence-corrected chi connectivity index (χ0v) is 18.0. The number of aromatic nitrogens is 1. The Bertz CT molecular complexity index is 992. The Morgan fingerprint density at radius 2 is 1.94 bits per heavy atom. The molecule has 7 nitrogen and oxygen atoms in total. The first kappa shape index (κ1) is 21.9. The van der Waals surface area contributed by atoms with Crippen LogP contribution in [0, 0.1) is 17.7 Å². The van der Waals surface area contributed by atoms with Crippen molar-refractivity contribution in [3.8, 4) is 0 Å². The molecule has 2 fully saturated rings. The molecule has 0 spiro atoms. The summed E-state index contributed by atoms with van der Waals surface area (Å²) >= 11 is 0. The third-order valence-corrected chi connectivity index (χ3v) is 6.39. The highest BCUT2D eigenvalue weighted by molar-refractivity contribution is 5.94. The van der Waals surface area contributed by atoms with Gasteiger partial charge in [0.1, 0.15) is 5.82 Å². The van der Waals surface area contributed by atoms with Gasteiger partial charge in [0, 0.05) is 44.9 Å². The monoisotopic (exact) mass is 438 g/mol. The van der Waals surface area contributed by atoms with Crippen LogP contribution in [0.2, 0.25) is 0 Å². The summed E-state index contributed by atoms with van der Waals surface area (Å²) in [5, 5.41) is 3.03. The van der Waals surface area contributed by atoms with Gasteiger partial charge < -0.3 is 15.1 Å². The molecule has 0 saturated carbocycles. The fourth-order valence-electron chi connectivity index (χ4n) is 4.59. The van der Waals surface area contributed by atoms with Gasteiger partial charge in [-0.05, 0) is 49.1 Å². The predicted octanol–water partition coefficient (Wildman–Crippen LogP) is 2.41. The molecule has 2 aromatic rings. The summed E-state index contributed by atoms with van der Waals surface area (Å²) in [6, 6.07) is 10.8. The highest BCUT2D eigenvalue weighted by Crippen LogP contribution is 2.31. The molecular formula is C24H27FN4O3. The van der Waals surface area contributed by atoms with Crippen molar-refractivity contribution in [3.05, 3.63) is 65.7 Å². The van der Waals surface area contributed by atoms with Crippen LogP contribution in [-0.2, 0) is 9.59 Å². The summed E-state index contributed by atoms with van der Waals surface area (Å²) in [5.41, 5.74) is 0.999. The van der Waals surface area contributed by atoms with Crippen LogP contribution in [0.1, 0.15) is 41.4 Å². The summed E-state index contributed by atoms with van der Waals surface area (Å²) in [6.07, 6.45) is 3.36. The second kappa shape index (κ2) is 9.46. The molecule has 2 atom stereocenters. The molecule has 3 heterocycles. The van der Waals surface area contributed by atoms with Gasteiger partial charge in [0.15, 0.2) is 0 Å². The van der Waals surface area contributed by atoms with Crippen molar-refractivity contribution in [2.75, 3.05) is 26.7 Å². The Morgan fingerprint density at radius 3 is 2.56 bits per heavy atom. The number of hydrogen-bond donors (Lipinski definition) is 1. The highest BCUT2D eigenvalue weighted by atomic mass is 19.1. The van der Waals surface area contributed by atoms with Crippen LogP contribution in [0.15, 0.2) is 48.7 Å². The number of piperidine rings is 1. The van der Waals surface area contributed by atoms with Gasteiger partial charge >= 0.3 is 0 Å². The summed E-state index contributed by atoms with van der Waals surface area (Å²) in [7, 11) is 1.72. The van der Waals surface area contributed by atoms with Gasteiger partial charge in [-0.15, -0.1) is 0 Å². The SMILES string of the molecule is CN1C[C@@H](C(=O)N2CCC([C@@H](NC(=O)c3cccc(F)c3)c3ccccn3)CC2)CC1=O. The van der Waals surface area contributed by atoms with Gasteiger partial charge in [-0.25, -0.2) is 4.39 Å². The summed E-state index contributed by atoms with van der Waals surface area (Å²) < 4.78 is 13.6. The van der Waals surface area contributed by atoms with E-state index < -0.39 is 5.82 Å². The minimum atomic E-state index is -0.463. The second-order valence-electron chi connectivity index (χ2n) is 8.55. The minimum Gasteiger partial charge on any atom is -0.345 e. The van der Waals surface area contributed by atoms with E-state index in [2.05, 4.69) is 10.3 Å². The van der Waals surface area contributed by atoms with Crippen molar-refractivity contribution in [1.29, 1.82) is 0 Å². The number of pyridine rings is 1. The molecule has 0 unspecified atom stereocenters. The second-order valence-corrected chi connectivity index (χ2v) is 8.55. The molecule has 2 saturated heterocycles. The highest BCUT2D eigenvalue weighted by Gasteiger charge is 2.37. The van der Waals surface area contributed by atoms with E-state index in [9.17, 15) is 18.8 Å². The van der Waals surface area contributed by atoms with Crippen LogP contribution in [0.3, 0.4) is 0 Å². The summed E-state index contributed by atoms with van der Waals surface area (Å²) in [5.74, 6) is -0.975. The van der Waals surface area contributed by atoms with Crippen LogP contribution in [0.5, 0.6) is 0 Å². The number of nitrogens with zero attached hydrogens (tertiary/aromatic N) is 3. The van der Waals surface area contributed by atoms with E-state index in [1.165, 1.54) is 18.2 Å². The van der Waals surface area contributed by atoms with Crippen LogP contribution in [0.25, 0.3) is 0 Å². The number of likely N-dealkylation sites (tertiary alicyclic amines) is 2. The number of carbonyl (C=O) groups is 3. The number of hydrogen-bond acceptors (Lipinski definition) is 4. The van der Waals surface area contributed by atoms with Crippen molar-refractivity contribution >= 4 is 17.7 Å². The topological polar surface area (TPSA) is 82.6 Å². The summed E-state index contributed by atoms with van der Waals surface area (Å²) in [4.78, 5) is 45.4. The van der Waals surface area contributed by atoms with Crippen LogP contribution >= 0.6 is 0 Å². The number of benzene rings is 1. The first-order valence-corrected chi connectivity index (χ1v) is 10.9. The molecule has 3 amide bonds. The lowest BCUT2D eigenvalue weighted by atomic mass is 9.86. The summed E-state index contributed by atoms with van der Waals surface area (Å²) in [6.45, 7) is 1.60. The zero-order valence-electron chi connectivity index (χ0n) is 18.0. The quantitative estimate of drug-likeness (QED) is 0.777. The third kappa shape index (κ3) is 4.79. The average Bonchev–Trinajstić information content (AvgIpc) is 3.15. The van der Waals surface area contributed by atoms with Gasteiger partial charge in [-0.1, -0.05) is 12.1 Å². The number of nitrogens with one attached hydrogen (secondary N) is 1. The molecule has 168 valence electrons. The number of halogens is 1. The maximum Gasteiger partial charge on any atom is 0.251 e. The Balaban J connectivity index is 1.44. The molecule has 0 bridgehead atoms. The molecule has 0 radical (unpaired) electrons. The molecule has 2 aliphatic rings. The van der Waals surface area contributed by atoms with E-state index in [0.717, 1.165) is 5.69 Å². The first-order valence-electron chi connectivity index (χ1n) is 10.9. The predicted molar refractivity (Wildman–Crippen MR) is 116 cm³/mol. The lowest BCUT2D eigenvalue weighted by Gasteiger charge is -2.37. The fraction of sp³-hybridized carbons (Fsp3) is 0.417. The van der Waals surface area contributed by atoms with Gasteiger partial charge in [0.05, 0.1) is 17.7 Å². The van der Waals surface area contributed by atoms with Crippen LogP contribution in [-0.4, -0.2) is 59.2 Å². The molecule has 2 aliphatic heterocycles. The van der Waals surface area contributed by atoms with Crippen molar-refractivity contribution < 1.29 is 18.8 Å².